The van der Waals surface area contributed by atoms with Crippen LogP contribution in [-0.4, -0.2) is 33.3 Å². The van der Waals surface area contributed by atoms with E-state index in [-0.39, 0.29) is 11.5 Å². The van der Waals surface area contributed by atoms with Gasteiger partial charge in [0, 0.05) is 77.9 Å². The SMILES string of the molecule is C#CC.C=C.C=C.C=CC.C=CCN(Cc1ccc(CC(C/C(=C/C=C(\C)N2c3ccccc3CN=CCC/C=C\C2C)CC)(Cc2ccc(N(C=C(C)C)c3cccnc3)cc2)Cc2ccc(-n3cc(N)c4ncccc43)cc2)cc1)c1ccccc1C(=C)C.CC. The fourth-order valence-electron chi connectivity index (χ4n) is 11.6. The van der Waals surface area contributed by atoms with Gasteiger partial charge in [-0.05, 0) is 205 Å². The number of nitrogens with zero attached hydrogens (tertiary/aromatic N) is 7. The number of terminal acetylenes is 1. The highest BCUT2D eigenvalue weighted by Gasteiger charge is 2.33. The van der Waals surface area contributed by atoms with E-state index in [1.54, 1.807) is 19.2 Å². The Bertz CT molecular complexity index is 3750. The lowest BCUT2D eigenvalue weighted by Gasteiger charge is -2.36. The summed E-state index contributed by atoms with van der Waals surface area (Å²) >= 11 is 0. The number of para-hydroxylation sites is 2. The first-order valence-electron chi connectivity index (χ1n) is 32.5. The van der Waals surface area contributed by atoms with Crippen LogP contribution in [-0.2, 0) is 32.4 Å². The highest BCUT2D eigenvalue weighted by Crippen LogP contribution is 2.41. The van der Waals surface area contributed by atoms with Crippen LogP contribution in [0.4, 0.5) is 28.4 Å². The molecule has 484 valence electrons. The van der Waals surface area contributed by atoms with E-state index in [0.29, 0.717) is 12.2 Å². The lowest BCUT2D eigenvalue weighted by Crippen LogP contribution is -2.31. The van der Waals surface area contributed by atoms with Crippen LogP contribution < -0.4 is 20.4 Å². The molecule has 0 radical (unpaired) electrons. The summed E-state index contributed by atoms with van der Waals surface area (Å²) in [7, 11) is 0. The van der Waals surface area contributed by atoms with Crippen molar-refractivity contribution in [1.82, 2.24) is 14.5 Å². The number of nitrogen functional groups attached to an aromatic ring is 1. The Kier molecular flexibility index (Phi) is 33.0. The molecule has 2 unspecified atom stereocenters. The molecule has 1 aliphatic rings. The van der Waals surface area contributed by atoms with Gasteiger partial charge >= 0.3 is 0 Å². The van der Waals surface area contributed by atoms with Crippen molar-refractivity contribution in [3.63, 3.8) is 0 Å². The Morgan fingerprint density at radius 2 is 1.34 bits per heavy atom. The number of anilines is 5. The van der Waals surface area contributed by atoms with Crippen LogP contribution in [0.5, 0.6) is 0 Å². The van der Waals surface area contributed by atoms with Crippen LogP contribution in [0.15, 0.2) is 281 Å². The summed E-state index contributed by atoms with van der Waals surface area (Å²) < 4.78 is 2.15. The summed E-state index contributed by atoms with van der Waals surface area (Å²) in [6, 6.07) is 53.4. The minimum absolute atomic E-state index is 0.153. The zero-order chi connectivity index (χ0) is 68.1. The van der Waals surface area contributed by atoms with E-state index in [1.165, 1.54) is 56.0 Å². The van der Waals surface area contributed by atoms with Gasteiger partial charge in [-0.2, -0.15) is 0 Å². The predicted octanol–water partition coefficient (Wildman–Crippen LogP) is 22.2. The van der Waals surface area contributed by atoms with Crippen molar-refractivity contribution >= 4 is 51.3 Å². The van der Waals surface area contributed by atoms with Gasteiger partial charge in [-0.1, -0.05) is 154 Å². The van der Waals surface area contributed by atoms with Crippen LogP contribution in [0.3, 0.4) is 0 Å². The molecule has 1 aliphatic heterocycles. The predicted molar refractivity (Wildman–Crippen MR) is 410 cm³/mol. The molecule has 8 heteroatoms. The molecule has 93 heavy (non-hydrogen) atoms. The van der Waals surface area contributed by atoms with Gasteiger partial charge in [-0.15, -0.1) is 51.8 Å². The number of aromatic nitrogens is 3. The first-order chi connectivity index (χ1) is 45.2. The van der Waals surface area contributed by atoms with Gasteiger partial charge in [0.05, 0.1) is 29.6 Å². The van der Waals surface area contributed by atoms with E-state index in [1.807, 2.05) is 57.6 Å². The minimum Gasteiger partial charge on any atom is -0.396 e. The van der Waals surface area contributed by atoms with Crippen molar-refractivity contribution < 1.29 is 0 Å². The smallest absolute Gasteiger partial charge is 0.111 e. The van der Waals surface area contributed by atoms with E-state index in [0.717, 1.165) is 97.3 Å². The number of nitrogens with two attached hydrogens (primary N) is 1. The van der Waals surface area contributed by atoms with Crippen molar-refractivity contribution in [2.45, 2.75) is 133 Å². The van der Waals surface area contributed by atoms with Crippen molar-refractivity contribution in [2.24, 2.45) is 10.4 Å². The molecule has 0 saturated carbocycles. The molecule has 0 bridgehead atoms. The van der Waals surface area contributed by atoms with Crippen LogP contribution in [0.1, 0.15) is 128 Å². The van der Waals surface area contributed by atoms with E-state index in [9.17, 15) is 0 Å². The Labute approximate surface area is 560 Å². The van der Waals surface area contributed by atoms with E-state index >= 15 is 0 Å². The molecule has 5 aromatic carbocycles. The largest absolute Gasteiger partial charge is 0.396 e. The van der Waals surface area contributed by atoms with Gasteiger partial charge in [0.1, 0.15) is 5.52 Å². The second kappa shape index (κ2) is 40.7. The highest BCUT2D eigenvalue weighted by molar-refractivity contribution is 5.89. The van der Waals surface area contributed by atoms with E-state index in [2.05, 4.69) is 299 Å². The van der Waals surface area contributed by atoms with Crippen molar-refractivity contribution in [2.75, 3.05) is 27.0 Å². The lowest BCUT2D eigenvalue weighted by molar-refractivity contribution is 0.272. The summed E-state index contributed by atoms with van der Waals surface area (Å²) in [6.07, 6.45) is 35.9. The Balaban J connectivity index is 0.00000144. The number of hydrogen-bond acceptors (Lipinski definition) is 7. The number of rotatable bonds is 21. The Morgan fingerprint density at radius 3 is 1.95 bits per heavy atom. The van der Waals surface area contributed by atoms with Crippen molar-refractivity contribution in [3.8, 4) is 18.0 Å². The number of benzene rings is 5. The maximum atomic E-state index is 6.52. The number of allylic oxidation sites excluding steroid dienone is 8. The van der Waals surface area contributed by atoms with Crippen molar-refractivity contribution in [1.29, 1.82) is 0 Å². The topological polar surface area (TPSA) is 78.8 Å². The first kappa shape index (κ1) is 75.5. The first-order valence-corrected chi connectivity index (χ1v) is 32.5. The molecule has 8 aromatic rings. The Morgan fingerprint density at radius 1 is 0.753 bits per heavy atom. The third-order valence-electron chi connectivity index (χ3n) is 15.4. The maximum Gasteiger partial charge on any atom is 0.111 e. The van der Waals surface area contributed by atoms with Crippen molar-refractivity contribution in [3.05, 3.63) is 309 Å². The monoisotopic (exact) mass is 1240 g/mol. The zero-order valence-electron chi connectivity index (χ0n) is 57.7. The summed E-state index contributed by atoms with van der Waals surface area (Å²) in [5.41, 5.74) is 26.6. The fourth-order valence-corrected chi connectivity index (χ4v) is 11.6. The molecule has 0 fully saturated rings. The fraction of sp³-hybridized carbons (Fsp3) is 0.259. The molecule has 4 heterocycles. The van der Waals surface area contributed by atoms with Crippen LogP contribution in [0, 0.1) is 17.8 Å². The number of aliphatic imine (C=N–C) groups is 1. The second-order valence-electron chi connectivity index (χ2n) is 22.9. The highest BCUT2D eigenvalue weighted by atomic mass is 15.2. The minimum atomic E-state index is -0.254. The number of pyridine rings is 2. The van der Waals surface area contributed by atoms with Gasteiger partial charge in [-0.25, -0.2) is 0 Å². The lowest BCUT2D eigenvalue weighted by atomic mass is 9.68. The van der Waals surface area contributed by atoms with Gasteiger partial charge in [0.25, 0.3) is 0 Å². The molecule has 0 amide bonds. The van der Waals surface area contributed by atoms with Crippen LogP contribution in [0.25, 0.3) is 22.3 Å². The van der Waals surface area contributed by atoms with Gasteiger partial charge in [0.15, 0.2) is 0 Å². The number of hydrogen-bond donors (Lipinski definition) is 1. The number of fused-ring (bicyclic) bond motifs is 2. The normalized spacial score (nSPS) is 13.5. The maximum absolute atomic E-state index is 6.52. The van der Waals surface area contributed by atoms with Crippen LogP contribution >= 0.6 is 0 Å². The summed E-state index contributed by atoms with van der Waals surface area (Å²) in [5, 5.41) is 0. The Hall–Kier alpha value is -9.97. The summed E-state index contributed by atoms with van der Waals surface area (Å²) in [5.74, 6) is 2.25. The molecular weight excluding hydrogens is 1130 g/mol. The molecule has 0 spiro atoms. The second-order valence-corrected chi connectivity index (χ2v) is 22.9. The molecule has 0 aliphatic carbocycles. The summed E-state index contributed by atoms with van der Waals surface area (Å²) in [6.45, 7) is 46.7. The average molecular weight is 1240 g/mol. The summed E-state index contributed by atoms with van der Waals surface area (Å²) in [4.78, 5) is 21.0. The van der Waals surface area contributed by atoms with Crippen LogP contribution in [0.2, 0.25) is 0 Å². The third-order valence-corrected chi connectivity index (χ3v) is 15.4. The van der Waals surface area contributed by atoms with E-state index in [4.69, 9.17) is 10.7 Å². The van der Waals surface area contributed by atoms with Gasteiger partial charge < -0.3 is 25.0 Å². The zero-order valence-corrected chi connectivity index (χ0v) is 57.7. The standard InChI is InChI=1S/C73H80N8.C3H6.C3H4.C2H6.2C2H4/c1-9-44-78(70-25-16-14-23-67(70)55(5)6)52-62-31-29-59(30-32-62)46-73(47-60-33-37-64(38-34-60)79(51-54(3)4)66-22-18-42-76-50-66,48-61-35-39-65(40-36-61)80-53-68(74)72-71(80)26-19-43-77-72)45-58(10-2)28-27-57(8)81-56(7)20-12-11-17-41-75-49-63-21-13-15-24-69(63)81;2*1-3-2;3*1-2/h9,12-16,18-43,50-51,53,56H,1,5,10-11,17,44-49,52,74H2,2-4,6-8H3;3H,1H2,2H3;1H,2H3;1-2H3;2*1-2H2/b20-12-,57-27+,58-28+,75-41?;;;;;. The molecule has 0 saturated heterocycles. The quantitative estimate of drug-likeness (QED) is 0.0439. The van der Waals surface area contributed by atoms with Gasteiger partial charge in [-0.3, -0.25) is 15.0 Å². The molecule has 2 N–H and O–H groups in total. The molecule has 3 aromatic heterocycles. The van der Waals surface area contributed by atoms with Gasteiger partial charge in [0.2, 0.25) is 0 Å². The molecule has 2 atom stereocenters. The molecule has 9 rings (SSSR count). The molecule has 8 nitrogen and oxygen atoms in total. The van der Waals surface area contributed by atoms with E-state index < -0.39 is 0 Å². The average Bonchev–Trinajstić information content (AvgIpc) is 1.78. The third kappa shape index (κ3) is 22.4. The molecular formula is C85H104N8.